The van der Waals surface area contributed by atoms with E-state index in [9.17, 15) is 8.78 Å². The van der Waals surface area contributed by atoms with Crippen LogP contribution in [0.2, 0.25) is 5.02 Å². The zero-order valence-corrected chi connectivity index (χ0v) is 12.9. The summed E-state index contributed by atoms with van der Waals surface area (Å²) in [6, 6.07) is 7.35. The van der Waals surface area contributed by atoms with Crippen LogP contribution in [0, 0.1) is 11.6 Å². The van der Waals surface area contributed by atoms with E-state index in [1.54, 1.807) is 12.1 Å². The third-order valence-electron chi connectivity index (χ3n) is 2.59. The summed E-state index contributed by atoms with van der Waals surface area (Å²) in [7, 11) is 0. The normalized spacial score (nSPS) is 11.0. The maximum atomic E-state index is 13.7. The molecule has 0 saturated carbocycles. The number of benzene rings is 2. The van der Waals surface area contributed by atoms with E-state index in [-0.39, 0.29) is 5.69 Å². The van der Waals surface area contributed by atoms with Gasteiger partial charge in [-0.05, 0) is 40.2 Å². The summed E-state index contributed by atoms with van der Waals surface area (Å²) in [6.45, 7) is 0. The highest BCUT2D eigenvalue weighted by Gasteiger charge is 2.12. The number of aromatic nitrogens is 1. The van der Waals surface area contributed by atoms with Gasteiger partial charge in [0.15, 0.2) is 10.9 Å². The highest BCUT2D eigenvalue weighted by Crippen LogP contribution is 2.34. The Bertz CT molecular complexity index is 783. The number of rotatable bonds is 2. The zero-order chi connectivity index (χ0) is 14.3. The Kier molecular flexibility index (Phi) is 3.62. The molecule has 2 aromatic carbocycles. The molecule has 2 nitrogen and oxygen atoms in total. The summed E-state index contributed by atoms with van der Waals surface area (Å²) in [5, 5.41) is 3.95. The predicted octanol–water partition coefficient (Wildman–Crippen LogP) is 5.73. The van der Waals surface area contributed by atoms with Gasteiger partial charge in [0.2, 0.25) is 0 Å². The van der Waals surface area contributed by atoms with Crippen LogP contribution < -0.4 is 5.32 Å². The lowest BCUT2D eigenvalue weighted by molar-refractivity contribution is 0.584. The van der Waals surface area contributed by atoms with E-state index in [0.29, 0.717) is 14.6 Å². The molecule has 0 radical (unpaired) electrons. The number of halogens is 4. The fourth-order valence-corrected chi connectivity index (χ4v) is 3.25. The molecular formula is C13H6BrClF2N2S. The summed E-state index contributed by atoms with van der Waals surface area (Å²) in [6.07, 6.45) is 0. The first-order valence-corrected chi connectivity index (χ1v) is 7.49. The Morgan fingerprint density at radius 2 is 2.00 bits per heavy atom. The third kappa shape index (κ3) is 2.63. The van der Waals surface area contributed by atoms with Gasteiger partial charge in [-0.3, -0.25) is 0 Å². The number of anilines is 2. The fraction of sp³-hybridized carbons (Fsp3) is 0. The van der Waals surface area contributed by atoms with Crippen LogP contribution >= 0.6 is 38.9 Å². The fourth-order valence-electron chi connectivity index (χ4n) is 1.72. The van der Waals surface area contributed by atoms with Crippen molar-refractivity contribution in [3.8, 4) is 0 Å². The summed E-state index contributed by atoms with van der Waals surface area (Å²) >= 11 is 10.4. The largest absolute Gasteiger partial charge is 0.328 e. The first-order chi connectivity index (χ1) is 9.52. The lowest BCUT2D eigenvalue weighted by Gasteiger charge is -2.06. The first-order valence-electron chi connectivity index (χ1n) is 5.50. The van der Waals surface area contributed by atoms with E-state index >= 15 is 0 Å². The molecule has 102 valence electrons. The number of hydrogen-bond acceptors (Lipinski definition) is 3. The monoisotopic (exact) mass is 374 g/mol. The molecule has 20 heavy (non-hydrogen) atoms. The minimum atomic E-state index is -0.686. The van der Waals surface area contributed by atoms with Crippen molar-refractivity contribution in [3.63, 3.8) is 0 Å². The second kappa shape index (κ2) is 5.27. The SMILES string of the molecule is Fc1cc(F)c(Nc2nc3cc(Cl)ccc3s2)c(Br)c1. The van der Waals surface area contributed by atoms with Crippen LogP contribution in [0.15, 0.2) is 34.8 Å². The van der Waals surface area contributed by atoms with Gasteiger partial charge < -0.3 is 5.32 Å². The molecule has 0 fully saturated rings. The molecule has 1 heterocycles. The van der Waals surface area contributed by atoms with E-state index in [0.717, 1.165) is 16.3 Å². The quantitative estimate of drug-likeness (QED) is 0.618. The average molecular weight is 376 g/mol. The molecule has 0 aliphatic heterocycles. The van der Waals surface area contributed by atoms with E-state index < -0.39 is 11.6 Å². The maximum absolute atomic E-state index is 13.7. The van der Waals surface area contributed by atoms with Crippen LogP contribution in [-0.2, 0) is 0 Å². The molecule has 3 aromatic rings. The van der Waals surface area contributed by atoms with Crippen LogP contribution in [0.1, 0.15) is 0 Å². The molecule has 3 rings (SSSR count). The molecule has 0 aliphatic rings. The predicted molar refractivity (Wildman–Crippen MR) is 82.0 cm³/mol. The van der Waals surface area contributed by atoms with Crippen molar-refractivity contribution in [2.75, 3.05) is 5.32 Å². The van der Waals surface area contributed by atoms with Gasteiger partial charge in [0.25, 0.3) is 0 Å². The molecule has 7 heteroatoms. The zero-order valence-electron chi connectivity index (χ0n) is 9.75. The molecule has 0 unspecified atom stereocenters. The number of hydrogen-bond donors (Lipinski definition) is 1. The van der Waals surface area contributed by atoms with E-state index in [1.807, 2.05) is 6.07 Å². The summed E-state index contributed by atoms with van der Waals surface area (Å²) in [5.74, 6) is -1.33. The smallest absolute Gasteiger partial charge is 0.188 e. The first kappa shape index (κ1) is 13.7. The highest BCUT2D eigenvalue weighted by molar-refractivity contribution is 9.10. The van der Waals surface area contributed by atoms with Gasteiger partial charge in [-0.25, -0.2) is 13.8 Å². The van der Waals surface area contributed by atoms with Gasteiger partial charge in [0, 0.05) is 15.6 Å². The lowest BCUT2D eigenvalue weighted by atomic mass is 10.3. The second-order valence-corrected chi connectivity index (χ2v) is 6.32. The molecule has 0 aliphatic carbocycles. The average Bonchev–Trinajstić information content (AvgIpc) is 2.75. The summed E-state index contributed by atoms with van der Waals surface area (Å²) in [5.41, 5.74) is 0.875. The molecular weight excluding hydrogens is 370 g/mol. The van der Waals surface area contributed by atoms with Crippen molar-refractivity contribution in [2.45, 2.75) is 0 Å². The minimum absolute atomic E-state index is 0.150. The minimum Gasteiger partial charge on any atom is -0.328 e. The number of thiazole rings is 1. The second-order valence-electron chi connectivity index (χ2n) is 4.00. The van der Waals surface area contributed by atoms with Crippen molar-refractivity contribution in [2.24, 2.45) is 0 Å². The Balaban J connectivity index is 2.01. The molecule has 0 amide bonds. The molecule has 1 N–H and O–H groups in total. The van der Waals surface area contributed by atoms with E-state index in [4.69, 9.17) is 11.6 Å². The lowest BCUT2D eigenvalue weighted by Crippen LogP contribution is -1.95. The van der Waals surface area contributed by atoms with Crippen molar-refractivity contribution >= 4 is 59.9 Å². The van der Waals surface area contributed by atoms with Gasteiger partial charge in [0.1, 0.15) is 5.82 Å². The van der Waals surface area contributed by atoms with Crippen LogP contribution in [0.4, 0.5) is 19.6 Å². The van der Waals surface area contributed by atoms with Crippen LogP contribution in [-0.4, -0.2) is 4.98 Å². The van der Waals surface area contributed by atoms with Gasteiger partial charge >= 0.3 is 0 Å². The highest BCUT2D eigenvalue weighted by atomic mass is 79.9. The van der Waals surface area contributed by atoms with Crippen molar-refractivity contribution < 1.29 is 8.78 Å². The van der Waals surface area contributed by atoms with Gasteiger partial charge in [-0.15, -0.1) is 0 Å². The molecule has 0 spiro atoms. The van der Waals surface area contributed by atoms with Gasteiger partial charge in [0.05, 0.1) is 15.9 Å². The van der Waals surface area contributed by atoms with Crippen LogP contribution in [0.3, 0.4) is 0 Å². The maximum Gasteiger partial charge on any atom is 0.188 e. The Morgan fingerprint density at radius 3 is 2.75 bits per heavy atom. The van der Waals surface area contributed by atoms with E-state index in [1.165, 1.54) is 17.4 Å². The molecule has 0 atom stereocenters. The number of nitrogens with zero attached hydrogens (tertiary/aromatic N) is 1. The molecule has 0 saturated heterocycles. The summed E-state index contributed by atoms with van der Waals surface area (Å²) < 4.78 is 28.0. The van der Waals surface area contributed by atoms with Crippen molar-refractivity contribution in [1.29, 1.82) is 0 Å². The number of nitrogens with one attached hydrogen (secondary N) is 1. The van der Waals surface area contributed by atoms with Crippen molar-refractivity contribution in [3.05, 3.63) is 51.5 Å². The van der Waals surface area contributed by atoms with Crippen molar-refractivity contribution in [1.82, 2.24) is 4.98 Å². The number of fused-ring (bicyclic) bond motifs is 1. The van der Waals surface area contributed by atoms with Crippen LogP contribution in [0.5, 0.6) is 0 Å². The Hall–Kier alpha value is -1.24. The van der Waals surface area contributed by atoms with Gasteiger partial charge in [-0.2, -0.15) is 0 Å². The standard InChI is InChI=1S/C13H6BrClF2N2S/c14-8-4-7(16)5-9(17)12(8)19-13-18-10-3-6(15)1-2-11(10)20-13/h1-5H,(H,18,19). The van der Waals surface area contributed by atoms with E-state index in [2.05, 4.69) is 26.2 Å². The topological polar surface area (TPSA) is 24.9 Å². The third-order valence-corrected chi connectivity index (χ3v) is 4.40. The Morgan fingerprint density at radius 1 is 1.20 bits per heavy atom. The Labute approximate surface area is 130 Å². The summed E-state index contributed by atoms with van der Waals surface area (Å²) in [4.78, 5) is 4.32. The van der Waals surface area contributed by atoms with Gasteiger partial charge in [-0.1, -0.05) is 22.9 Å². The van der Waals surface area contributed by atoms with Crippen LogP contribution in [0.25, 0.3) is 10.2 Å². The molecule has 0 bridgehead atoms. The molecule has 1 aromatic heterocycles.